The number of nitrogens with one attached hydrogen (secondary N) is 1. The number of para-hydroxylation sites is 1. The number of amides is 1. The molecular weight excluding hydrogens is 368 g/mol. The zero-order valence-electron chi connectivity index (χ0n) is 16.5. The fourth-order valence-corrected chi connectivity index (χ4v) is 3.51. The first kappa shape index (κ1) is 18.7. The standard InChI is InChI=1S/C23H22N2O4/c1-27-16-10-8-15(9-11-16)22-24-19-7-5-4-6-18(19)23(26)25(22)20-13-12-17(28-2)14-21(20)29-3/h4-14,22,24H,1-3H3. The Morgan fingerprint density at radius 2 is 1.52 bits per heavy atom. The van der Waals surface area contributed by atoms with E-state index in [0.717, 1.165) is 17.0 Å². The lowest BCUT2D eigenvalue weighted by molar-refractivity contribution is 0.0974. The number of hydrogen-bond acceptors (Lipinski definition) is 5. The van der Waals surface area contributed by atoms with Crippen LogP contribution in [0.25, 0.3) is 0 Å². The highest BCUT2D eigenvalue weighted by Gasteiger charge is 2.35. The Bertz CT molecular complexity index is 1030. The maximum absolute atomic E-state index is 13.5. The second-order valence-electron chi connectivity index (χ2n) is 6.58. The molecule has 0 fully saturated rings. The van der Waals surface area contributed by atoms with Crippen molar-refractivity contribution in [1.29, 1.82) is 0 Å². The van der Waals surface area contributed by atoms with Crippen molar-refractivity contribution in [2.24, 2.45) is 0 Å². The molecule has 148 valence electrons. The molecule has 1 amide bonds. The molecule has 1 heterocycles. The smallest absolute Gasteiger partial charge is 0.262 e. The topological polar surface area (TPSA) is 60.0 Å². The molecular formula is C23H22N2O4. The van der Waals surface area contributed by atoms with Gasteiger partial charge in [-0.1, -0.05) is 24.3 Å². The first-order chi connectivity index (χ1) is 14.2. The number of carbonyl (C=O) groups excluding carboxylic acids is 1. The van der Waals surface area contributed by atoms with Gasteiger partial charge in [-0.3, -0.25) is 9.69 Å². The lowest BCUT2D eigenvalue weighted by atomic mass is 10.0. The van der Waals surface area contributed by atoms with Crippen molar-refractivity contribution >= 4 is 17.3 Å². The van der Waals surface area contributed by atoms with Crippen LogP contribution in [-0.2, 0) is 0 Å². The molecule has 1 N–H and O–H groups in total. The summed E-state index contributed by atoms with van der Waals surface area (Å²) in [5.41, 5.74) is 2.98. The average Bonchev–Trinajstić information content (AvgIpc) is 2.79. The van der Waals surface area contributed by atoms with Gasteiger partial charge in [-0.15, -0.1) is 0 Å². The number of rotatable bonds is 5. The summed E-state index contributed by atoms with van der Waals surface area (Å²) in [7, 11) is 4.80. The fraction of sp³-hybridized carbons (Fsp3) is 0.174. The third kappa shape index (κ3) is 3.33. The summed E-state index contributed by atoms with van der Waals surface area (Å²) in [6, 6.07) is 20.6. The highest BCUT2D eigenvalue weighted by molar-refractivity contribution is 6.12. The van der Waals surface area contributed by atoms with Crippen LogP contribution in [0.4, 0.5) is 11.4 Å². The van der Waals surface area contributed by atoms with Crippen LogP contribution in [0.5, 0.6) is 17.2 Å². The number of methoxy groups -OCH3 is 3. The van der Waals surface area contributed by atoms with Gasteiger partial charge in [-0.2, -0.15) is 0 Å². The van der Waals surface area contributed by atoms with Gasteiger partial charge in [-0.25, -0.2) is 0 Å². The van der Waals surface area contributed by atoms with Crippen molar-refractivity contribution in [2.75, 3.05) is 31.5 Å². The van der Waals surface area contributed by atoms with Crippen LogP contribution >= 0.6 is 0 Å². The van der Waals surface area contributed by atoms with Crippen LogP contribution in [-0.4, -0.2) is 27.2 Å². The van der Waals surface area contributed by atoms with E-state index in [2.05, 4.69) is 5.32 Å². The second kappa shape index (κ2) is 7.75. The van der Waals surface area contributed by atoms with Gasteiger partial charge in [0.2, 0.25) is 0 Å². The monoisotopic (exact) mass is 390 g/mol. The van der Waals surface area contributed by atoms with E-state index in [1.165, 1.54) is 0 Å². The summed E-state index contributed by atoms with van der Waals surface area (Å²) in [6.07, 6.45) is -0.411. The number of fused-ring (bicyclic) bond motifs is 1. The first-order valence-electron chi connectivity index (χ1n) is 9.21. The van der Waals surface area contributed by atoms with E-state index in [0.29, 0.717) is 22.7 Å². The Hall–Kier alpha value is -3.67. The van der Waals surface area contributed by atoms with Gasteiger partial charge in [0.1, 0.15) is 23.4 Å². The summed E-state index contributed by atoms with van der Waals surface area (Å²) >= 11 is 0. The van der Waals surface area contributed by atoms with Gasteiger partial charge in [0.25, 0.3) is 5.91 Å². The molecule has 0 saturated heterocycles. The molecule has 0 radical (unpaired) electrons. The van der Waals surface area contributed by atoms with Gasteiger partial charge in [-0.05, 0) is 42.0 Å². The van der Waals surface area contributed by atoms with E-state index >= 15 is 0 Å². The maximum atomic E-state index is 13.5. The normalized spacial score (nSPS) is 15.3. The maximum Gasteiger partial charge on any atom is 0.262 e. The molecule has 6 nitrogen and oxygen atoms in total. The number of anilines is 2. The van der Waals surface area contributed by atoms with Crippen molar-refractivity contribution in [3.63, 3.8) is 0 Å². The molecule has 3 aromatic carbocycles. The van der Waals surface area contributed by atoms with Gasteiger partial charge in [0, 0.05) is 11.8 Å². The number of benzene rings is 3. The summed E-state index contributed by atoms with van der Waals surface area (Å²) in [4.78, 5) is 15.2. The minimum absolute atomic E-state index is 0.108. The lowest BCUT2D eigenvalue weighted by Gasteiger charge is -2.38. The Morgan fingerprint density at radius 1 is 0.828 bits per heavy atom. The van der Waals surface area contributed by atoms with Crippen molar-refractivity contribution < 1.29 is 19.0 Å². The third-order valence-electron chi connectivity index (χ3n) is 5.00. The molecule has 0 spiro atoms. The Labute approximate surface area is 169 Å². The van der Waals surface area contributed by atoms with Gasteiger partial charge in [0.05, 0.1) is 32.6 Å². The molecule has 1 aliphatic rings. The number of nitrogens with zero attached hydrogens (tertiary/aromatic N) is 1. The van der Waals surface area contributed by atoms with Gasteiger partial charge in [0.15, 0.2) is 0 Å². The molecule has 1 atom stereocenters. The Balaban J connectivity index is 1.86. The minimum Gasteiger partial charge on any atom is -0.497 e. The molecule has 29 heavy (non-hydrogen) atoms. The van der Waals surface area contributed by atoms with Gasteiger partial charge >= 0.3 is 0 Å². The van der Waals surface area contributed by atoms with E-state index in [-0.39, 0.29) is 5.91 Å². The van der Waals surface area contributed by atoms with Crippen molar-refractivity contribution in [1.82, 2.24) is 0 Å². The van der Waals surface area contributed by atoms with Crippen LogP contribution in [0.15, 0.2) is 66.7 Å². The highest BCUT2D eigenvalue weighted by atomic mass is 16.5. The van der Waals surface area contributed by atoms with Crippen LogP contribution < -0.4 is 24.4 Å². The van der Waals surface area contributed by atoms with Crippen LogP contribution in [0, 0.1) is 0 Å². The van der Waals surface area contributed by atoms with Gasteiger partial charge < -0.3 is 19.5 Å². The average molecular weight is 390 g/mol. The van der Waals surface area contributed by atoms with E-state index in [1.54, 1.807) is 32.3 Å². The molecule has 0 aliphatic carbocycles. The summed E-state index contributed by atoms with van der Waals surface area (Å²) < 4.78 is 16.2. The molecule has 0 aromatic heterocycles. The summed E-state index contributed by atoms with van der Waals surface area (Å²) in [5.74, 6) is 1.86. The Morgan fingerprint density at radius 3 is 2.21 bits per heavy atom. The van der Waals surface area contributed by atoms with Crippen molar-refractivity contribution in [3.05, 3.63) is 77.9 Å². The lowest BCUT2D eigenvalue weighted by Crippen LogP contribution is -2.43. The summed E-state index contributed by atoms with van der Waals surface area (Å²) in [6.45, 7) is 0. The SMILES string of the molecule is COc1ccc(C2Nc3ccccc3C(=O)N2c2ccc(OC)cc2OC)cc1. The second-order valence-corrected chi connectivity index (χ2v) is 6.58. The van der Waals surface area contributed by atoms with Crippen molar-refractivity contribution in [3.8, 4) is 17.2 Å². The third-order valence-corrected chi connectivity index (χ3v) is 5.00. The van der Waals surface area contributed by atoms with Crippen LogP contribution in [0.2, 0.25) is 0 Å². The van der Waals surface area contributed by atoms with Crippen LogP contribution in [0.3, 0.4) is 0 Å². The minimum atomic E-state index is -0.411. The number of hydrogen-bond donors (Lipinski definition) is 1. The molecule has 6 heteroatoms. The molecule has 0 saturated carbocycles. The molecule has 3 aromatic rings. The zero-order valence-corrected chi connectivity index (χ0v) is 16.5. The summed E-state index contributed by atoms with van der Waals surface area (Å²) in [5, 5.41) is 3.49. The van der Waals surface area contributed by atoms with E-state index in [4.69, 9.17) is 14.2 Å². The predicted molar refractivity (Wildman–Crippen MR) is 112 cm³/mol. The van der Waals surface area contributed by atoms with E-state index < -0.39 is 6.17 Å². The zero-order chi connectivity index (χ0) is 20.4. The number of carbonyl (C=O) groups is 1. The molecule has 1 unspecified atom stereocenters. The number of ether oxygens (including phenoxy) is 3. The quantitative estimate of drug-likeness (QED) is 0.696. The molecule has 4 rings (SSSR count). The fourth-order valence-electron chi connectivity index (χ4n) is 3.51. The highest BCUT2D eigenvalue weighted by Crippen LogP contribution is 2.41. The largest absolute Gasteiger partial charge is 0.497 e. The molecule has 1 aliphatic heterocycles. The van der Waals surface area contributed by atoms with Crippen molar-refractivity contribution in [2.45, 2.75) is 6.17 Å². The predicted octanol–water partition coefficient (Wildman–Crippen LogP) is 4.48. The van der Waals surface area contributed by atoms with E-state index in [1.807, 2.05) is 60.7 Å². The molecule has 0 bridgehead atoms. The first-order valence-corrected chi connectivity index (χ1v) is 9.21. The Kier molecular flexibility index (Phi) is 4.99. The van der Waals surface area contributed by atoms with Crippen LogP contribution in [0.1, 0.15) is 22.1 Å². The van der Waals surface area contributed by atoms with E-state index in [9.17, 15) is 4.79 Å².